The zero-order valence-electron chi connectivity index (χ0n) is 18.1. The Morgan fingerprint density at radius 3 is 2.63 bits per heavy atom. The second-order valence-corrected chi connectivity index (χ2v) is 6.80. The van der Waals surface area contributed by atoms with Crippen LogP contribution in [0.3, 0.4) is 0 Å². The van der Waals surface area contributed by atoms with Crippen LogP contribution in [0.4, 0.5) is 0 Å². The lowest BCUT2D eigenvalue weighted by atomic mass is 10.1. The third-order valence-corrected chi connectivity index (χ3v) is 4.42. The van der Waals surface area contributed by atoms with E-state index in [1.54, 1.807) is 31.6 Å². The molecule has 0 aliphatic carbocycles. The van der Waals surface area contributed by atoms with Crippen LogP contribution in [0.5, 0.6) is 5.75 Å². The van der Waals surface area contributed by atoms with Gasteiger partial charge in [0.1, 0.15) is 5.75 Å². The fourth-order valence-electron chi connectivity index (χ4n) is 2.57. The van der Waals surface area contributed by atoms with Crippen molar-refractivity contribution in [2.75, 3.05) is 20.1 Å². The van der Waals surface area contributed by atoms with Gasteiger partial charge in [-0.1, -0.05) is 19.1 Å². The Morgan fingerprint density at radius 1 is 1.20 bits per heavy atom. The Labute approximate surface area is 196 Å². The van der Waals surface area contributed by atoms with Gasteiger partial charge in [-0.05, 0) is 44.0 Å². The van der Waals surface area contributed by atoms with Crippen LogP contribution in [0.25, 0.3) is 0 Å². The number of nitrogens with one attached hydrogen (secondary N) is 3. The highest BCUT2D eigenvalue weighted by atomic mass is 127. The average Bonchev–Trinajstić information content (AvgIpc) is 2.74. The Balaban J connectivity index is 0.00000450. The van der Waals surface area contributed by atoms with E-state index in [0.717, 1.165) is 17.7 Å². The minimum atomic E-state index is -0.144. The van der Waals surface area contributed by atoms with Crippen molar-refractivity contribution in [1.29, 1.82) is 0 Å². The fourth-order valence-corrected chi connectivity index (χ4v) is 2.57. The predicted molar refractivity (Wildman–Crippen MR) is 132 cm³/mol. The van der Waals surface area contributed by atoms with Gasteiger partial charge < -0.3 is 20.7 Å². The first-order chi connectivity index (χ1) is 14.0. The minimum absolute atomic E-state index is 0. The predicted octanol–water partition coefficient (Wildman–Crippen LogP) is 3.28. The number of carbonyl (C=O) groups is 1. The molecule has 1 amide bonds. The van der Waals surface area contributed by atoms with Gasteiger partial charge in [0.2, 0.25) is 0 Å². The summed E-state index contributed by atoms with van der Waals surface area (Å²) in [6.07, 6.45) is 4.30. The van der Waals surface area contributed by atoms with Crippen LogP contribution in [0.2, 0.25) is 0 Å². The Kier molecular flexibility index (Phi) is 11.8. The molecule has 0 saturated heterocycles. The van der Waals surface area contributed by atoms with E-state index in [0.29, 0.717) is 31.2 Å². The van der Waals surface area contributed by atoms with Crippen molar-refractivity contribution in [1.82, 2.24) is 20.9 Å². The number of pyridine rings is 1. The van der Waals surface area contributed by atoms with Crippen LogP contribution < -0.4 is 20.7 Å². The quantitative estimate of drug-likeness (QED) is 0.203. The van der Waals surface area contributed by atoms with Gasteiger partial charge >= 0.3 is 0 Å². The summed E-state index contributed by atoms with van der Waals surface area (Å²) in [6.45, 7) is 7.85. The molecule has 1 atom stereocenters. The summed E-state index contributed by atoms with van der Waals surface area (Å²) < 4.78 is 6.06. The third kappa shape index (κ3) is 8.56. The van der Waals surface area contributed by atoms with Gasteiger partial charge in [-0.15, -0.1) is 24.0 Å². The molecule has 0 aliphatic rings. The lowest BCUT2D eigenvalue weighted by molar-refractivity contribution is 0.0954. The normalized spacial score (nSPS) is 11.8. The maximum Gasteiger partial charge on any atom is 0.252 e. The maximum atomic E-state index is 12.0. The van der Waals surface area contributed by atoms with Crippen molar-refractivity contribution in [2.45, 2.75) is 39.8 Å². The molecule has 0 spiro atoms. The number of aliphatic imine (C=N–C) groups is 1. The molecule has 1 unspecified atom stereocenters. The van der Waals surface area contributed by atoms with Crippen molar-refractivity contribution < 1.29 is 9.53 Å². The van der Waals surface area contributed by atoms with Crippen molar-refractivity contribution in [2.24, 2.45) is 4.99 Å². The summed E-state index contributed by atoms with van der Waals surface area (Å²) in [6, 6.07) is 9.68. The van der Waals surface area contributed by atoms with E-state index >= 15 is 0 Å². The van der Waals surface area contributed by atoms with E-state index in [9.17, 15) is 4.79 Å². The van der Waals surface area contributed by atoms with Gasteiger partial charge in [0, 0.05) is 44.6 Å². The van der Waals surface area contributed by atoms with Crippen molar-refractivity contribution >= 4 is 35.8 Å². The zero-order chi connectivity index (χ0) is 21.1. The molecule has 1 heterocycles. The first-order valence-electron chi connectivity index (χ1n) is 9.92. The number of rotatable bonds is 9. The number of hydrogen-bond donors (Lipinski definition) is 3. The molecule has 30 heavy (non-hydrogen) atoms. The van der Waals surface area contributed by atoms with Crippen LogP contribution >= 0.6 is 24.0 Å². The lowest BCUT2D eigenvalue weighted by Gasteiger charge is -2.18. The summed E-state index contributed by atoms with van der Waals surface area (Å²) in [5, 5.41) is 9.34. The van der Waals surface area contributed by atoms with Gasteiger partial charge in [0.05, 0.1) is 11.7 Å². The van der Waals surface area contributed by atoms with E-state index in [-0.39, 0.29) is 36.0 Å². The zero-order valence-corrected chi connectivity index (χ0v) is 20.4. The number of nitrogens with zero attached hydrogens (tertiary/aromatic N) is 2. The van der Waals surface area contributed by atoms with Gasteiger partial charge in [-0.3, -0.25) is 14.8 Å². The Morgan fingerprint density at radius 2 is 1.97 bits per heavy atom. The van der Waals surface area contributed by atoms with Crippen LogP contribution in [0, 0.1) is 6.92 Å². The molecule has 0 fully saturated rings. The summed E-state index contributed by atoms with van der Waals surface area (Å²) in [5.74, 6) is 1.41. The largest absolute Gasteiger partial charge is 0.490 e. The van der Waals surface area contributed by atoms with Crippen molar-refractivity contribution in [3.8, 4) is 5.75 Å². The Bertz CT molecular complexity index is 814. The van der Waals surface area contributed by atoms with E-state index in [2.05, 4.69) is 64.9 Å². The summed E-state index contributed by atoms with van der Waals surface area (Å²) in [5.41, 5.74) is 2.78. The number of amides is 1. The molecule has 0 saturated carbocycles. The van der Waals surface area contributed by atoms with Gasteiger partial charge in [-0.25, -0.2) is 0 Å². The number of hydrogen-bond acceptors (Lipinski definition) is 4. The van der Waals surface area contributed by atoms with Crippen LogP contribution in [0.1, 0.15) is 41.8 Å². The molecule has 1 aromatic carbocycles. The smallest absolute Gasteiger partial charge is 0.252 e. The highest BCUT2D eigenvalue weighted by Gasteiger charge is 2.09. The van der Waals surface area contributed by atoms with E-state index < -0.39 is 0 Å². The molecular weight excluding hydrogens is 493 g/mol. The number of ether oxygens (including phenoxy) is 1. The number of aryl methyl sites for hydroxylation is 1. The molecule has 0 radical (unpaired) electrons. The van der Waals surface area contributed by atoms with E-state index in [4.69, 9.17) is 4.74 Å². The van der Waals surface area contributed by atoms with E-state index in [1.807, 2.05) is 0 Å². The SMILES string of the molecule is CCC(C)Oc1cc(C)ccc1CNC(=NC)NCCNC(=O)c1cccnc1.I. The van der Waals surface area contributed by atoms with Crippen LogP contribution in [0.15, 0.2) is 47.7 Å². The standard InChI is InChI=1S/C22H31N5O2.HI/c1-5-17(3)29-20-13-16(2)8-9-18(20)15-27-22(23-4)26-12-11-25-21(28)19-7-6-10-24-14-19;/h6-10,13-14,17H,5,11-12,15H2,1-4H3,(H,25,28)(H2,23,26,27);1H. The topological polar surface area (TPSA) is 87.6 Å². The summed E-state index contributed by atoms with van der Waals surface area (Å²) in [7, 11) is 1.72. The minimum Gasteiger partial charge on any atom is -0.490 e. The summed E-state index contributed by atoms with van der Waals surface area (Å²) in [4.78, 5) is 20.2. The molecule has 3 N–H and O–H groups in total. The molecule has 8 heteroatoms. The average molecular weight is 525 g/mol. The van der Waals surface area contributed by atoms with Gasteiger partial charge in [0.15, 0.2) is 5.96 Å². The van der Waals surface area contributed by atoms with Gasteiger partial charge in [0.25, 0.3) is 5.91 Å². The van der Waals surface area contributed by atoms with Crippen molar-refractivity contribution in [3.05, 3.63) is 59.4 Å². The number of carbonyl (C=O) groups excluding carboxylic acids is 1. The maximum absolute atomic E-state index is 12.0. The molecular formula is C22H32IN5O2. The first-order valence-corrected chi connectivity index (χ1v) is 9.92. The molecule has 164 valence electrons. The van der Waals surface area contributed by atoms with Crippen LogP contribution in [-0.4, -0.2) is 43.1 Å². The number of halogens is 1. The monoisotopic (exact) mass is 525 g/mol. The number of benzene rings is 1. The molecule has 2 aromatic rings. The van der Waals surface area contributed by atoms with Crippen molar-refractivity contribution in [3.63, 3.8) is 0 Å². The molecule has 0 aliphatic heterocycles. The van der Waals surface area contributed by atoms with Crippen LogP contribution in [-0.2, 0) is 6.54 Å². The molecule has 2 rings (SSSR count). The third-order valence-electron chi connectivity index (χ3n) is 4.42. The highest BCUT2D eigenvalue weighted by molar-refractivity contribution is 14.0. The Hall–Kier alpha value is -2.36. The first kappa shape index (κ1) is 25.7. The second-order valence-electron chi connectivity index (χ2n) is 6.80. The molecule has 7 nitrogen and oxygen atoms in total. The number of aromatic nitrogens is 1. The van der Waals surface area contributed by atoms with Gasteiger partial charge in [-0.2, -0.15) is 0 Å². The second kappa shape index (κ2) is 13.8. The number of guanidine groups is 1. The molecule has 1 aromatic heterocycles. The molecule has 0 bridgehead atoms. The highest BCUT2D eigenvalue weighted by Crippen LogP contribution is 2.22. The summed E-state index contributed by atoms with van der Waals surface area (Å²) >= 11 is 0. The van der Waals surface area contributed by atoms with E-state index in [1.165, 1.54) is 5.56 Å². The lowest BCUT2D eigenvalue weighted by Crippen LogP contribution is -2.41. The fraction of sp³-hybridized carbons (Fsp3) is 0.409.